The maximum atomic E-state index is 10.9. The van der Waals surface area contributed by atoms with Crippen LogP contribution in [0.25, 0.3) is 0 Å². The SMILES string of the molecule is CCn1nc(S(N)(=O)=O)cc1CO. The second kappa shape index (κ2) is 3.44. The first-order valence-electron chi connectivity index (χ1n) is 3.69. The Morgan fingerprint density at radius 1 is 1.69 bits per heavy atom. The molecule has 0 aliphatic heterocycles. The van der Waals surface area contributed by atoms with Crippen molar-refractivity contribution in [2.45, 2.75) is 25.1 Å². The summed E-state index contributed by atoms with van der Waals surface area (Å²) in [5, 5.41) is 17.2. The van der Waals surface area contributed by atoms with Gasteiger partial charge in [-0.1, -0.05) is 0 Å². The molecule has 0 fully saturated rings. The molecular formula is C6H11N3O3S. The van der Waals surface area contributed by atoms with Crippen molar-refractivity contribution in [1.29, 1.82) is 0 Å². The van der Waals surface area contributed by atoms with Crippen LogP contribution in [-0.2, 0) is 23.2 Å². The summed E-state index contributed by atoms with van der Waals surface area (Å²) >= 11 is 0. The lowest BCUT2D eigenvalue weighted by Gasteiger charge is -1.98. The first-order valence-corrected chi connectivity index (χ1v) is 5.24. The highest BCUT2D eigenvalue weighted by molar-refractivity contribution is 7.89. The molecule has 7 heteroatoms. The van der Waals surface area contributed by atoms with Crippen LogP contribution in [0.2, 0.25) is 0 Å². The zero-order valence-corrected chi connectivity index (χ0v) is 7.95. The standard InChI is InChI=1S/C6H11N3O3S/c1-2-9-5(4-10)3-6(8-9)13(7,11)12/h3,10H,2,4H2,1H3,(H2,7,11,12). The Bertz CT molecular complexity index is 374. The second-order valence-electron chi connectivity index (χ2n) is 2.49. The minimum absolute atomic E-state index is 0.210. The third-order valence-electron chi connectivity index (χ3n) is 1.59. The van der Waals surface area contributed by atoms with Crippen LogP contribution >= 0.6 is 0 Å². The summed E-state index contributed by atoms with van der Waals surface area (Å²) in [6, 6.07) is 1.26. The number of rotatable bonds is 3. The molecular weight excluding hydrogens is 194 g/mol. The van der Waals surface area contributed by atoms with E-state index in [1.54, 1.807) is 6.92 Å². The Balaban J connectivity index is 3.22. The molecule has 1 heterocycles. The Morgan fingerprint density at radius 3 is 2.62 bits per heavy atom. The van der Waals surface area contributed by atoms with Crippen LogP contribution in [0.1, 0.15) is 12.6 Å². The Kier molecular flexibility index (Phi) is 2.69. The highest BCUT2D eigenvalue weighted by atomic mass is 32.2. The van der Waals surface area contributed by atoms with E-state index in [2.05, 4.69) is 5.10 Å². The molecule has 0 radical (unpaired) electrons. The summed E-state index contributed by atoms with van der Waals surface area (Å²) in [7, 11) is -3.77. The normalized spacial score (nSPS) is 11.9. The monoisotopic (exact) mass is 205 g/mol. The molecule has 0 saturated carbocycles. The number of aromatic nitrogens is 2. The molecule has 6 nitrogen and oxygen atoms in total. The molecule has 74 valence electrons. The van der Waals surface area contributed by atoms with Crippen molar-refractivity contribution >= 4 is 10.0 Å². The van der Waals surface area contributed by atoms with Gasteiger partial charge in [-0.2, -0.15) is 5.10 Å². The number of nitrogens with zero attached hydrogens (tertiary/aromatic N) is 2. The summed E-state index contributed by atoms with van der Waals surface area (Å²) in [6.45, 7) is 2.03. The summed E-state index contributed by atoms with van der Waals surface area (Å²) in [4.78, 5) is 0. The number of sulfonamides is 1. The van der Waals surface area contributed by atoms with Gasteiger partial charge in [0.2, 0.25) is 0 Å². The number of hydrogen-bond donors (Lipinski definition) is 2. The molecule has 1 aromatic heterocycles. The lowest BCUT2D eigenvalue weighted by molar-refractivity contribution is 0.268. The topological polar surface area (TPSA) is 98.2 Å². The number of primary sulfonamides is 1. The first kappa shape index (κ1) is 10.2. The fourth-order valence-corrected chi connectivity index (χ4v) is 1.48. The molecule has 0 bridgehead atoms. The first-order chi connectivity index (χ1) is 5.99. The lowest BCUT2D eigenvalue weighted by Crippen LogP contribution is -2.13. The molecule has 0 atom stereocenters. The Morgan fingerprint density at radius 2 is 2.31 bits per heavy atom. The van der Waals surface area contributed by atoms with E-state index in [1.807, 2.05) is 0 Å². The van der Waals surface area contributed by atoms with Crippen LogP contribution in [0, 0.1) is 0 Å². The smallest absolute Gasteiger partial charge is 0.257 e. The minimum Gasteiger partial charge on any atom is -0.390 e. The maximum Gasteiger partial charge on any atom is 0.257 e. The third kappa shape index (κ3) is 2.06. The van der Waals surface area contributed by atoms with E-state index in [4.69, 9.17) is 10.2 Å². The zero-order chi connectivity index (χ0) is 10.1. The Labute approximate surface area is 76.0 Å². The number of aryl methyl sites for hydroxylation is 1. The van der Waals surface area contributed by atoms with Crippen molar-refractivity contribution in [1.82, 2.24) is 9.78 Å². The zero-order valence-electron chi connectivity index (χ0n) is 7.14. The van der Waals surface area contributed by atoms with Gasteiger partial charge in [-0.05, 0) is 6.92 Å². The molecule has 0 aliphatic rings. The van der Waals surface area contributed by atoms with Gasteiger partial charge >= 0.3 is 0 Å². The van der Waals surface area contributed by atoms with Gasteiger partial charge in [-0.15, -0.1) is 0 Å². The third-order valence-corrected chi connectivity index (χ3v) is 2.38. The van der Waals surface area contributed by atoms with Crippen molar-refractivity contribution in [3.8, 4) is 0 Å². The van der Waals surface area contributed by atoms with Crippen molar-refractivity contribution < 1.29 is 13.5 Å². The average molecular weight is 205 g/mol. The predicted molar refractivity (Wildman–Crippen MR) is 45.2 cm³/mol. The van der Waals surface area contributed by atoms with Crippen molar-refractivity contribution in [2.24, 2.45) is 5.14 Å². The molecule has 0 unspecified atom stereocenters. The molecule has 0 amide bonds. The van der Waals surface area contributed by atoms with E-state index in [1.165, 1.54) is 10.7 Å². The van der Waals surface area contributed by atoms with Crippen LogP contribution in [0.15, 0.2) is 11.1 Å². The predicted octanol–water partition coefficient (Wildman–Crippen LogP) is -0.957. The average Bonchev–Trinajstić information content (AvgIpc) is 2.45. The van der Waals surface area contributed by atoms with E-state index < -0.39 is 10.0 Å². The van der Waals surface area contributed by atoms with Crippen LogP contribution in [0.4, 0.5) is 0 Å². The molecule has 0 saturated heterocycles. The van der Waals surface area contributed by atoms with E-state index in [0.29, 0.717) is 12.2 Å². The summed E-state index contributed by atoms with van der Waals surface area (Å²) in [5.41, 5.74) is 0.437. The minimum atomic E-state index is -3.77. The number of hydrogen-bond acceptors (Lipinski definition) is 4. The summed E-state index contributed by atoms with van der Waals surface area (Å²) in [5.74, 6) is 0. The van der Waals surface area contributed by atoms with Gasteiger partial charge in [-0.3, -0.25) is 4.68 Å². The number of nitrogens with two attached hydrogens (primary N) is 1. The van der Waals surface area contributed by atoms with Gasteiger partial charge in [0.25, 0.3) is 10.0 Å². The van der Waals surface area contributed by atoms with Gasteiger partial charge in [0, 0.05) is 12.6 Å². The van der Waals surface area contributed by atoms with Gasteiger partial charge in [0.15, 0.2) is 5.03 Å². The highest BCUT2D eigenvalue weighted by Gasteiger charge is 2.14. The molecule has 13 heavy (non-hydrogen) atoms. The maximum absolute atomic E-state index is 10.9. The van der Waals surface area contributed by atoms with Crippen LogP contribution < -0.4 is 5.14 Å². The highest BCUT2D eigenvalue weighted by Crippen LogP contribution is 2.08. The van der Waals surface area contributed by atoms with E-state index in [9.17, 15) is 8.42 Å². The van der Waals surface area contributed by atoms with Crippen LogP contribution in [0.3, 0.4) is 0 Å². The van der Waals surface area contributed by atoms with Crippen molar-refractivity contribution in [3.05, 3.63) is 11.8 Å². The van der Waals surface area contributed by atoms with Crippen LogP contribution in [0.5, 0.6) is 0 Å². The molecule has 0 aromatic carbocycles. The van der Waals surface area contributed by atoms with Gasteiger partial charge in [-0.25, -0.2) is 13.6 Å². The second-order valence-corrected chi connectivity index (χ2v) is 4.00. The van der Waals surface area contributed by atoms with E-state index in [0.717, 1.165) is 0 Å². The molecule has 1 aromatic rings. The fraction of sp³-hybridized carbons (Fsp3) is 0.500. The van der Waals surface area contributed by atoms with Crippen molar-refractivity contribution in [3.63, 3.8) is 0 Å². The summed E-state index contributed by atoms with van der Waals surface area (Å²) < 4.78 is 23.1. The fourth-order valence-electron chi connectivity index (χ4n) is 0.969. The van der Waals surface area contributed by atoms with E-state index >= 15 is 0 Å². The molecule has 0 aliphatic carbocycles. The van der Waals surface area contributed by atoms with Crippen LogP contribution in [-0.4, -0.2) is 23.3 Å². The van der Waals surface area contributed by atoms with Gasteiger partial charge < -0.3 is 5.11 Å². The van der Waals surface area contributed by atoms with E-state index in [-0.39, 0.29) is 11.6 Å². The molecule has 0 spiro atoms. The molecule has 3 N–H and O–H groups in total. The summed E-state index contributed by atoms with van der Waals surface area (Å²) in [6.07, 6.45) is 0. The number of aliphatic hydroxyl groups is 1. The van der Waals surface area contributed by atoms with Gasteiger partial charge in [0.05, 0.1) is 12.3 Å². The lowest BCUT2D eigenvalue weighted by atomic mass is 10.4. The molecule has 1 rings (SSSR count). The quantitative estimate of drug-likeness (QED) is 0.664. The largest absolute Gasteiger partial charge is 0.390 e. The Hall–Kier alpha value is -0.920. The number of aliphatic hydroxyl groups excluding tert-OH is 1. The van der Waals surface area contributed by atoms with Gasteiger partial charge in [0.1, 0.15) is 0 Å². The van der Waals surface area contributed by atoms with Crippen molar-refractivity contribution in [2.75, 3.05) is 0 Å².